The van der Waals surface area contributed by atoms with Crippen molar-refractivity contribution in [3.63, 3.8) is 0 Å². The Hall–Kier alpha value is -2.63. The molecule has 3 rings (SSSR count). The molecule has 148 valence electrons. The number of alkyl halides is 3. The summed E-state index contributed by atoms with van der Waals surface area (Å²) in [5, 5.41) is 0. The topological polar surface area (TPSA) is 37.4 Å². The summed E-state index contributed by atoms with van der Waals surface area (Å²) in [7, 11) is 0. The summed E-state index contributed by atoms with van der Waals surface area (Å²) < 4.78 is 39.8. The number of hydrogen-bond acceptors (Lipinski definition) is 2. The second-order valence-corrected chi connectivity index (χ2v) is 7.13. The Kier molecular flexibility index (Phi) is 5.87. The highest BCUT2D eigenvalue weighted by molar-refractivity contribution is 5.96. The van der Waals surface area contributed by atoms with Crippen LogP contribution in [0.4, 0.5) is 13.2 Å². The maximum absolute atomic E-state index is 13.3. The van der Waals surface area contributed by atoms with Crippen LogP contribution in [0.1, 0.15) is 52.7 Å². The number of benzene rings is 2. The highest BCUT2D eigenvalue weighted by atomic mass is 19.4. The van der Waals surface area contributed by atoms with E-state index in [9.17, 15) is 22.8 Å². The van der Waals surface area contributed by atoms with Crippen LogP contribution in [-0.4, -0.2) is 29.7 Å². The molecule has 0 saturated carbocycles. The third-order valence-corrected chi connectivity index (χ3v) is 5.29. The summed E-state index contributed by atoms with van der Waals surface area (Å²) >= 11 is 0. The van der Waals surface area contributed by atoms with Gasteiger partial charge >= 0.3 is 6.18 Å². The highest BCUT2D eigenvalue weighted by Crippen LogP contribution is 2.38. The number of halogens is 3. The fourth-order valence-electron chi connectivity index (χ4n) is 3.84. The van der Waals surface area contributed by atoms with Crippen molar-refractivity contribution in [3.8, 4) is 0 Å². The molecule has 0 radical (unpaired) electrons. The van der Waals surface area contributed by atoms with Gasteiger partial charge in [0.05, 0.1) is 12.0 Å². The number of carbonyl (C=O) groups excluding carboxylic acids is 2. The van der Waals surface area contributed by atoms with E-state index >= 15 is 0 Å². The van der Waals surface area contributed by atoms with Crippen molar-refractivity contribution in [3.05, 3.63) is 70.8 Å². The molecule has 0 atom stereocenters. The molecule has 0 N–H and O–H groups in total. The molecule has 0 spiro atoms. The lowest BCUT2D eigenvalue weighted by molar-refractivity contribution is -0.139. The number of likely N-dealkylation sites (tertiary alicyclic amines) is 1. The van der Waals surface area contributed by atoms with Crippen molar-refractivity contribution in [2.75, 3.05) is 13.1 Å². The van der Waals surface area contributed by atoms with E-state index in [1.165, 1.54) is 19.1 Å². The van der Waals surface area contributed by atoms with Gasteiger partial charge in [-0.15, -0.1) is 0 Å². The Morgan fingerprint density at radius 3 is 2.25 bits per heavy atom. The molecule has 6 heteroatoms. The SMILES string of the molecule is CC(=O)c1ccccc1CC(=O)N1CCC(c2ccccc2C(F)(F)F)CC1. The van der Waals surface area contributed by atoms with Gasteiger partial charge in [-0.05, 0) is 42.9 Å². The molecule has 0 aromatic heterocycles. The Labute approximate surface area is 162 Å². The number of amides is 1. The Balaban J connectivity index is 1.67. The van der Waals surface area contributed by atoms with Crippen LogP contribution in [0.2, 0.25) is 0 Å². The van der Waals surface area contributed by atoms with Gasteiger partial charge in [-0.2, -0.15) is 13.2 Å². The Morgan fingerprint density at radius 2 is 1.61 bits per heavy atom. The number of piperidine rings is 1. The van der Waals surface area contributed by atoms with Crippen LogP contribution in [0.3, 0.4) is 0 Å². The molecule has 1 fully saturated rings. The van der Waals surface area contributed by atoms with Crippen LogP contribution >= 0.6 is 0 Å². The minimum Gasteiger partial charge on any atom is -0.342 e. The van der Waals surface area contributed by atoms with Crippen LogP contribution in [0.15, 0.2) is 48.5 Å². The zero-order valence-corrected chi connectivity index (χ0v) is 15.6. The molecular formula is C22H22F3NO2. The molecule has 3 nitrogen and oxygen atoms in total. The van der Waals surface area contributed by atoms with Gasteiger partial charge in [0, 0.05) is 18.7 Å². The summed E-state index contributed by atoms with van der Waals surface area (Å²) in [5.74, 6) is -0.409. The van der Waals surface area contributed by atoms with Gasteiger partial charge in [0.15, 0.2) is 5.78 Å². The summed E-state index contributed by atoms with van der Waals surface area (Å²) in [6.07, 6.45) is -3.26. The molecule has 0 unspecified atom stereocenters. The predicted molar refractivity (Wildman–Crippen MR) is 100 cm³/mol. The average molecular weight is 389 g/mol. The van der Waals surface area contributed by atoms with Gasteiger partial charge in [0.2, 0.25) is 5.91 Å². The third-order valence-electron chi connectivity index (χ3n) is 5.29. The normalized spacial score (nSPS) is 15.5. The summed E-state index contributed by atoms with van der Waals surface area (Å²) in [5.41, 5.74) is 0.938. The maximum atomic E-state index is 13.3. The number of rotatable bonds is 4. The van der Waals surface area contributed by atoms with Gasteiger partial charge in [-0.1, -0.05) is 42.5 Å². The molecule has 1 saturated heterocycles. The summed E-state index contributed by atoms with van der Waals surface area (Å²) in [4.78, 5) is 26.1. The number of hydrogen-bond donors (Lipinski definition) is 0. The minimum absolute atomic E-state index is 0.0918. The van der Waals surface area contributed by atoms with Crippen LogP contribution in [-0.2, 0) is 17.4 Å². The molecule has 0 aliphatic carbocycles. The van der Waals surface area contributed by atoms with Gasteiger partial charge in [-0.3, -0.25) is 9.59 Å². The zero-order chi connectivity index (χ0) is 20.3. The van der Waals surface area contributed by atoms with Crippen molar-refractivity contribution in [2.45, 2.75) is 38.3 Å². The van der Waals surface area contributed by atoms with Crippen molar-refractivity contribution in [1.82, 2.24) is 4.90 Å². The van der Waals surface area contributed by atoms with Crippen molar-refractivity contribution in [2.24, 2.45) is 0 Å². The molecule has 1 heterocycles. The van der Waals surface area contributed by atoms with Gasteiger partial charge < -0.3 is 4.90 Å². The van der Waals surface area contributed by atoms with Crippen molar-refractivity contribution < 1.29 is 22.8 Å². The quantitative estimate of drug-likeness (QED) is 0.701. The first-order valence-corrected chi connectivity index (χ1v) is 9.30. The maximum Gasteiger partial charge on any atom is 0.416 e. The van der Waals surface area contributed by atoms with E-state index in [-0.39, 0.29) is 24.0 Å². The standard InChI is InChI=1S/C22H22F3NO2/c1-15(27)18-7-3-2-6-17(18)14-21(28)26-12-10-16(11-13-26)19-8-4-5-9-20(19)22(23,24)25/h2-9,16H,10-14H2,1H3. The first-order chi connectivity index (χ1) is 13.3. The van der Waals surface area contributed by atoms with Crippen LogP contribution in [0, 0.1) is 0 Å². The third kappa shape index (κ3) is 4.43. The predicted octanol–water partition coefficient (Wildman–Crippen LogP) is 4.86. The Morgan fingerprint density at radius 1 is 1.00 bits per heavy atom. The zero-order valence-electron chi connectivity index (χ0n) is 15.6. The lowest BCUT2D eigenvalue weighted by atomic mass is 9.86. The van der Waals surface area contributed by atoms with Crippen molar-refractivity contribution >= 4 is 11.7 Å². The van der Waals surface area contributed by atoms with E-state index in [0.29, 0.717) is 42.6 Å². The molecule has 2 aromatic carbocycles. The fraction of sp³-hybridized carbons (Fsp3) is 0.364. The molecule has 1 aliphatic heterocycles. The van der Waals surface area contributed by atoms with E-state index in [4.69, 9.17) is 0 Å². The molecule has 1 amide bonds. The fourth-order valence-corrected chi connectivity index (χ4v) is 3.84. The monoisotopic (exact) mass is 389 g/mol. The van der Waals surface area contributed by atoms with E-state index in [1.807, 2.05) is 0 Å². The van der Waals surface area contributed by atoms with Gasteiger partial charge in [0.25, 0.3) is 0 Å². The number of Topliss-reactive ketones (excluding diaryl/α,β-unsaturated/α-hetero) is 1. The van der Waals surface area contributed by atoms with Crippen LogP contribution < -0.4 is 0 Å². The Bertz CT molecular complexity index is 868. The van der Waals surface area contributed by atoms with Crippen LogP contribution in [0.25, 0.3) is 0 Å². The minimum atomic E-state index is -4.38. The largest absolute Gasteiger partial charge is 0.416 e. The number of nitrogens with zero attached hydrogens (tertiary/aromatic N) is 1. The highest BCUT2D eigenvalue weighted by Gasteiger charge is 2.36. The molecule has 28 heavy (non-hydrogen) atoms. The van der Waals surface area contributed by atoms with Gasteiger partial charge in [-0.25, -0.2) is 0 Å². The number of ketones is 1. The molecule has 2 aromatic rings. The summed E-state index contributed by atoms with van der Waals surface area (Å²) in [6, 6.07) is 12.7. The second kappa shape index (κ2) is 8.17. The molecule has 1 aliphatic rings. The summed E-state index contributed by atoms with van der Waals surface area (Å²) in [6.45, 7) is 2.29. The lowest BCUT2D eigenvalue weighted by Gasteiger charge is -2.33. The first kappa shape index (κ1) is 20.1. The molecular weight excluding hydrogens is 367 g/mol. The number of carbonyl (C=O) groups is 2. The van der Waals surface area contributed by atoms with E-state index in [1.54, 1.807) is 35.2 Å². The first-order valence-electron chi connectivity index (χ1n) is 9.30. The van der Waals surface area contributed by atoms with Crippen molar-refractivity contribution in [1.29, 1.82) is 0 Å². The van der Waals surface area contributed by atoms with E-state index < -0.39 is 11.7 Å². The van der Waals surface area contributed by atoms with Gasteiger partial charge in [0.1, 0.15) is 0 Å². The van der Waals surface area contributed by atoms with Crippen LogP contribution in [0.5, 0.6) is 0 Å². The second-order valence-electron chi connectivity index (χ2n) is 7.13. The molecule has 0 bridgehead atoms. The average Bonchev–Trinajstić information content (AvgIpc) is 2.67. The van der Waals surface area contributed by atoms with E-state index in [0.717, 1.165) is 6.07 Å². The lowest BCUT2D eigenvalue weighted by Crippen LogP contribution is -2.39. The smallest absolute Gasteiger partial charge is 0.342 e. The van der Waals surface area contributed by atoms with E-state index in [2.05, 4.69) is 0 Å².